The van der Waals surface area contributed by atoms with Crippen molar-refractivity contribution in [1.29, 1.82) is 0 Å². The Labute approximate surface area is 670 Å². The molecule has 602 valence electrons. The van der Waals surface area contributed by atoms with Gasteiger partial charge in [-0.25, -0.2) is 63.0 Å². The third-order valence-electron chi connectivity index (χ3n) is 23.5. The zero-order chi connectivity index (χ0) is 81.1. The van der Waals surface area contributed by atoms with Gasteiger partial charge in [-0.3, -0.25) is 23.9 Å². The van der Waals surface area contributed by atoms with Crippen LogP contribution >= 0.6 is 0 Å². The first kappa shape index (κ1) is 78.2. The first-order chi connectivity index (χ1) is 55.8. The molecule has 3 saturated heterocycles. The number of rotatable bonds is 16. The predicted molar refractivity (Wildman–Crippen MR) is 441 cm³/mol. The smallest absolute Gasteiger partial charge is 0.248 e. The maximum absolute atomic E-state index is 15.0. The van der Waals surface area contributed by atoms with Crippen LogP contribution in [0, 0.1) is 38.2 Å². The number of aryl methyl sites for hydroxylation is 6. The Balaban J connectivity index is 0.000000131. The molecule has 0 saturated carbocycles. The molecule has 18 rings (SSSR count). The molecule has 15 heterocycles. The number of imidazole rings is 1. The lowest BCUT2D eigenvalue weighted by molar-refractivity contribution is -0.136. The van der Waals surface area contributed by atoms with E-state index in [9.17, 15) is 14.0 Å². The van der Waals surface area contributed by atoms with Crippen LogP contribution in [0.25, 0.3) is 66.6 Å². The number of hydrogen-bond donors (Lipinski definition) is 5. The average molecular weight is 1580 g/mol. The molecular weight excluding hydrogens is 1480 g/mol. The first-order valence-electron chi connectivity index (χ1n) is 39.8. The Hall–Kier alpha value is -11.7. The highest BCUT2D eigenvalue weighted by molar-refractivity contribution is 5.92. The number of hydrogen-bond acceptors (Lipinski definition) is 23. The molecule has 28 nitrogen and oxygen atoms in total. The van der Waals surface area contributed by atoms with E-state index in [2.05, 4.69) is 149 Å². The number of halogens is 3. The minimum atomic E-state index is -0.498. The molecule has 9 aromatic heterocycles. The number of nitrogens with one attached hydrogen (secondary N) is 3. The standard InChI is InChI=1S/C29H33FN8O2.C28H31FN8O2.C28H33FN8/c1-18-12-20(13-21-25(18)35-38-7-6-29(2,3)27(21)38)26-22(30)15-32-28(34-26)33-23-5-4-19(14-31-23)16-36-8-10-37(11-9-36)24(40)17-39;1-17-12-18(13-21-25(17)33-23-6-7-28(2,3)37(21)23)26-20(29)15-31-27(34-26)32-22-5-4-19(14-30-22)35-8-10-36(11-9-35)24(39)16-38;1-5-35-10-12-36(13-11-35)20-6-7-23(30-16-20)32-27-31-17-22(29)25(33-27)19-14-18(2)24-21(15-19)26-28(3,4)8-9-37(26)34-24/h4-5,12-15,39H,6-11,16-17H2,1-3H3,(H,31,32,33,34);4-5,12-15,38H,6-11,16H2,1-3H3,(H,30,31,32,34);6-7,14-17H,5,8-13H2,1-4H3,(H,30,31,32,33). The third kappa shape index (κ3) is 15.9. The number of carbonyl (C=O) groups is 2. The quantitative estimate of drug-likeness (QED) is 0.0600. The lowest BCUT2D eigenvalue weighted by Crippen LogP contribution is -2.49. The van der Waals surface area contributed by atoms with Crippen LogP contribution in [0.15, 0.2) is 110 Å². The highest BCUT2D eigenvalue weighted by Gasteiger charge is 2.38. The molecule has 31 heteroatoms. The van der Waals surface area contributed by atoms with E-state index in [4.69, 9.17) is 25.4 Å². The van der Waals surface area contributed by atoms with Gasteiger partial charge in [0.2, 0.25) is 29.7 Å². The van der Waals surface area contributed by atoms with E-state index in [0.29, 0.717) is 80.3 Å². The summed E-state index contributed by atoms with van der Waals surface area (Å²) in [5.41, 5.74) is 15.1. The number of benzene rings is 3. The molecule has 116 heavy (non-hydrogen) atoms. The topological polar surface area (TPSA) is 300 Å². The van der Waals surface area contributed by atoms with Crippen molar-refractivity contribution in [2.75, 3.05) is 124 Å². The van der Waals surface area contributed by atoms with E-state index in [1.54, 1.807) is 22.2 Å². The molecule has 0 radical (unpaired) electrons. The number of anilines is 8. The van der Waals surface area contributed by atoms with Gasteiger partial charge in [0, 0.05) is 155 Å². The molecule has 0 atom stereocenters. The van der Waals surface area contributed by atoms with Gasteiger partial charge in [-0.15, -0.1) is 0 Å². The van der Waals surface area contributed by atoms with Crippen molar-refractivity contribution in [2.45, 2.75) is 131 Å². The molecule has 0 bridgehead atoms. The van der Waals surface area contributed by atoms with Gasteiger partial charge < -0.3 is 55.2 Å². The Morgan fingerprint density at radius 3 is 1.29 bits per heavy atom. The number of carbonyl (C=O) groups excluding carboxylic acids is 2. The molecule has 6 aliphatic heterocycles. The zero-order valence-corrected chi connectivity index (χ0v) is 67.2. The summed E-state index contributed by atoms with van der Waals surface area (Å²) in [7, 11) is 0. The Morgan fingerprint density at radius 1 is 0.457 bits per heavy atom. The van der Waals surface area contributed by atoms with Gasteiger partial charge >= 0.3 is 0 Å². The van der Waals surface area contributed by atoms with Crippen LogP contribution in [0.5, 0.6) is 0 Å². The fourth-order valence-corrected chi connectivity index (χ4v) is 17.0. The molecule has 6 aliphatic rings. The van der Waals surface area contributed by atoms with Crippen molar-refractivity contribution >= 4 is 91.3 Å². The monoisotopic (exact) mass is 1570 g/mol. The molecular formula is C85H97F3N24O4. The number of pyridine rings is 3. The number of amides is 2. The van der Waals surface area contributed by atoms with Gasteiger partial charge in [-0.05, 0) is 149 Å². The Morgan fingerprint density at radius 2 is 0.871 bits per heavy atom. The van der Waals surface area contributed by atoms with Crippen molar-refractivity contribution in [3.8, 4) is 33.8 Å². The van der Waals surface area contributed by atoms with E-state index in [1.807, 2.05) is 93.7 Å². The summed E-state index contributed by atoms with van der Waals surface area (Å²) in [5.74, 6) is 1.68. The maximum Gasteiger partial charge on any atom is 0.248 e. The summed E-state index contributed by atoms with van der Waals surface area (Å²) >= 11 is 0. The van der Waals surface area contributed by atoms with Crippen LogP contribution in [-0.4, -0.2) is 214 Å². The third-order valence-corrected chi connectivity index (χ3v) is 23.5. The summed E-state index contributed by atoms with van der Waals surface area (Å²) in [6.07, 6.45) is 13.0. The zero-order valence-electron chi connectivity index (χ0n) is 67.2. The largest absolute Gasteiger partial charge is 0.387 e. The van der Waals surface area contributed by atoms with Crippen LogP contribution in [0.4, 0.5) is 59.8 Å². The number of aromatic nitrogens is 15. The SMILES string of the molecule is CCN1CCN(c2ccc(Nc3ncc(F)c(-c4cc(C)c5nn6c(c5c4)C(C)(C)CC6)n3)nc2)CC1.Cc1cc(-c2nc(Nc3ccc(CN4CCN(C(=O)CO)CC4)cn3)ncc2F)cc2c3n(nc12)CCC3(C)C.Cc1cc(-c2nc(Nc3ccc(N4CCN(C(=O)CO)CC4)cn3)ncc2F)cc2c1nc1n2C(C)(C)CC1. The van der Waals surface area contributed by atoms with E-state index >= 15 is 8.78 Å². The van der Waals surface area contributed by atoms with E-state index in [-0.39, 0.29) is 57.2 Å². The molecule has 12 aromatic rings. The van der Waals surface area contributed by atoms with Gasteiger partial charge in [0.05, 0.1) is 75.8 Å². The molecule has 3 fully saturated rings. The van der Waals surface area contributed by atoms with Crippen LogP contribution in [0.1, 0.15) is 107 Å². The van der Waals surface area contributed by atoms with E-state index in [1.165, 1.54) is 30.0 Å². The van der Waals surface area contributed by atoms with Crippen LogP contribution in [0.2, 0.25) is 0 Å². The fourth-order valence-electron chi connectivity index (χ4n) is 17.0. The number of fused-ring (bicyclic) bond motifs is 9. The summed E-state index contributed by atoms with van der Waals surface area (Å²) in [6.45, 7) is 33.5. The first-order valence-corrected chi connectivity index (χ1v) is 39.8. The normalized spacial score (nSPS) is 16.9. The highest BCUT2D eigenvalue weighted by Crippen LogP contribution is 2.44. The average Bonchev–Trinajstić information content (AvgIpc) is 1.59. The lowest BCUT2D eigenvalue weighted by Gasteiger charge is -2.35. The Bertz CT molecular complexity index is 5690. The van der Waals surface area contributed by atoms with Gasteiger partial charge in [-0.2, -0.15) is 10.2 Å². The van der Waals surface area contributed by atoms with Crippen molar-refractivity contribution in [2.24, 2.45) is 0 Å². The summed E-state index contributed by atoms with van der Waals surface area (Å²) in [4.78, 5) is 80.3. The maximum atomic E-state index is 15.0. The molecule has 3 aromatic carbocycles. The number of aliphatic hydroxyl groups is 2. The second-order valence-corrected chi connectivity index (χ2v) is 32.8. The molecule has 0 spiro atoms. The van der Waals surface area contributed by atoms with E-state index in [0.717, 1.165) is 162 Å². The van der Waals surface area contributed by atoms with Crippen molar-refractivity contribution < 1.29 is 33.0 Å². The van der Waals surface area contributed by atoms with Crippen molar-refractivity contribution in [1.82, 2.24) is 93.6 Å². The molecule has 0 unspecified atom stereocenters. The second-order valence-electron chi connectivity index (χ2n) is 32.8. The minimum absolute atomic E-state index is 0.00187. The van der Waals surface area contributed by atoms with Gasteiger partial charge in [-0.1, -0.05) is 40.7 Å². The summed E-state index contributed by atoms with van der Waals surface area (Å²) < 4.78 is 51.5. The number of aliphatic hydroxyl groups excluding tert-OH is 2. The number of nitrogens with zero attached hydrogens (tertiary/aromatic N) is 21. The molecule has 5 N–H and O–H groups in total. The molecule has 0 aliphatic carbocycles. The van der Waals surface area contributed by atoms with Crippen LogP contribution < -0.4 is 25.8 Å². The second kappa shape index (κ2) is 31.8. The lowest BCUT2D eigenvalue weighted by atomic mass is 9.86. The van der Waals surface area contributed by atoms with Crippen molar-refractivity contribution in [3.63, 3.8) is 0 Å². The fraction of sp³-hybridized carbons (Fsp3) is 0.412. The minimum Gasteiger partial charge on any atom is -0.387 e. The van der Waals surface area contributed by atoms with Gasteiger partial charge in [0.15, 0.2) is 17.5 Å². The van der Waals surface area contributed by atoms with Gasteiger partial charge in [0.25, 0.3) is 0 Å². The summed E-state index contributed by atoms with van der Waals surface area (Å²) in [5, 5.41) is 39.2. The highest BCUT2D eigenvalue weighted by atomic mass is 19.1. The van der Waals surface area contributed by atoms with Gasteiger partial charge in [0.1, 0.15) is 53.6 Å². The Kier molecular flexibility index (Phi) is 21.5. The number of likely N-dealkylation sites (N-methyl/N-ethyl adjacent to an activating group) is 1. The van der Waals surface area contributed by atoms with Crippen LogP contribution in [0.3, 0.4) is 0 Å². The number of piperazine rings is 3. The van der Waals surface area contributed by atoms with Crippen molar-refractivity contribution in [3.05, 3.63) is 167 Å². The molecule has 2 amide bonds. The predicted octanol–water partition coefficient (Wildman–Crippen LogP) is 11.7. The van der Waals surface area contributed by atoms with E-state index < -0.39 is 30.7 Å². The summed E-state index contributed by atoms with van der Waals surface area (Å²) in [6, 6.07) is 23.4. The van der Waals surface area contributed by atoms with Crippen LogP contribution in [-0.2, 0) is 52.0 Å².